The molecular formula is C7H4FNNaO2S2. The maximum Gasteiger partial charge on any atom is 0.186 e. The molecule has 1 aromatic heterocycles. The quantitative estimate of drug-likeness (QED) is 0.609. The number of nitrogens with zero attached hydrogens (tertiary/aromatic N) is 1. The largest absolute Gasteiger partial charge is 0.302 e. The van der Waals surface area contributed by atoms with Gasteiger partial charge >= 0.3 is 0 Å². The average Bonchev–Trinajstić information content (AvgIpc) is 2.51. The van der Waals surface area contributed by atoms with Crippen LogP contribution in [0.4, 0.5) is 4.39 Å². The van der Waals surface area contributed by atoms with Crippen LogP contribution in [0.5, 0.6) is 0 Å². The van der Waals surface area contributed by atoms with Gasteiger partial charge in [-0.2, -0.15) is 0 Å². The molecule has 0 saturated carbocycles. The van der Waals surface area contributed by atoms with Crippen LogP contribution in [0.25, 0.3) is 10.2 Å². The third kappa shape index (κ3) is 2.21. The fourth-order valence-corrected chi connectivity index (χ4v) is 2.23. The molecule has 0 bridgehead atoms. The Balaban J connectivity index is 0.000000980. The first kappa shape index (κ1) is 12.2. The molecule has 1 N–H and O–H groups in total. The van der Waals surface area contributed by atoms with Crippen molar-refractivity contribution < 1.29 is 13.2 Å². The number of benzene rings is 1. The number of halogens is 1. The van der Waals surface area contributed by atoms with Crippen molar-refractivity contribution in [2.75, 3.05) is 0 Å². The van der Waals surface area contributed by atoms with Crippen LogP contribution in [0.1, 0.15) is 0 Å². The van der Waals surface area contributed by atoms with Crippen molar-refractivity contribution in [3.63, 3.8) is 0 Å². The van der Waals surface area contributed by atoms with Crippen LogP contribution in [0.15, 0.2) is 22.5 Å². The third-order valence-corrected chi connectivity index (χ3v) is 2.98. The summed E-state index contributed by atoms with van der Waals surface area (Å²) in [7, 11) is 0. The Hall–Kier alpha value is 0.150. The first-order valence-electron chi connectivity index (χ1n) is 3.32. The third-order valence-electron chi connectivity index (χ3n) is 1.57. The minimum Gasteiger partial charge on any atom is -0.302 e. The van der Waals surface area contributed by atoms with E-state index in [1.807, 2.05) is 0 Å². The molecule has 0 saturated heterocycles. The van der Waals surface area contributed by atoms with Gasteiger partial charge in [-0.3, -0.25) is 0 Å². The van der Waals surface area contributed by atoms with Crippen molar-refractivity contribution in [3.05, 3.63) is 23.5 Å². The van der Waals surface area contributed by atoms with Crippen LogP contribution in [-0.2, 0) is 11.1 Å². The van der Waals surface area contributed by atoms with Gasteiger partial charge in [-0.15, -0.1) is 11.3 Å². The fraction of sp³-hybridized carbons (Fsp3) is 0. The molecule has 0 amide bonds. The van der Waals surface area contributed by atoms with Crippen molar-refractivity contribution in [2.45, 2.75) is 4.90 Å². The summed E-state index contributed by atoms with van der Waals surface area (Å²) in [5.41, 5.74) is 1.75. The van der Waals surface area contributed by atoms with Crippen molar-refractivity contribution in [1.82, 2.24) is 4.98 Å². The Bertz CT molecular complexity index is 487. The maximum atomic E-state index is 13.1. The van der Waals surface area contributed by atoms with Gasteiger partial charge < -0.3 is 4.55 Å². The predicted molar refractivity (Wildman–Crippen MR) is 54.4 cm³/mol. The van der Waals surface area contributed by atoms with E-state index >= 15 is 0 Å². The molecule has 7 heteroatoms. The van der Waals surface area contributed by atoms with E-state index in [2.05, 4.69) is 4.98 Å². The van der Waals surface area contributed by atoms with E-state index in [0.717, 1.165) is 6.07 Å². The fourth-order valence-electron chi connectivity index (χ4n) is 1.00. The molecule has 1 atom stereocenters. The van der Waals surface area contributed by atoms with Crippen molar-refractivity contribution in [3.8, 4) is 0 Å². The van der Waals surface area contributed by atoms with Crippen LogP contribution in [0.3, 0.4) is 0 Å². The molecule has 2 rings (SSSR count). The van der Waals surface area contributed by atoms with Crippen LogP contribution in [-0.4, -0.2) is 43.3 Å². The van der Waals surface area contributed by atoms with E-state index in [1.54, 1.807) is 0 Å². The maximum absolute atomic E-state index is 13.1. The Morgan fingerprint density at radius 3 is 2.86 bits per heavy atom. The Kier molecular flexibility index (Phi) is 4.17. The van der Waals surface area contributed by atoms with E-state index in [9.17, 15) is 8.60 Å². The summed E-state index contributed by atoms with van der Waals surface area (Å²) >= 11 is -0.904. The molecule has 1 aromatic carbocycles. The second-order valence-corrected chi connectivity index (χ2v) is 4.21. The standard InChI is InChI=1S/C7H4FNO2S2.Na/c8-5-1-4(13(10)11)2-6-7(5)9-3-12-6;/h1-3H,(H,10,11);. The Morgan fingerprint density at radius 2 is 2.21 bits per heavy atom. The molecule has 0 aliphatic heterocycles. The summed E-state index contributed by atoms with van der Waals surface area (Å²) in [5, 5.41) is 0. The van der Waals surface area contributed by atoms with Crippen LogP contribution in [0.2, 0.25) is 0 Å². The summed E-state index contributed by atoms with van der Waals surface area (Å²) in [6.45, 7) is 0. The van der Waals surface area contributed by atoms with Gasteiger partial charge in [0.05, 0.1) is 15.1 Å². The topological polar surface area (TPSA) is 50.2 Å². The second kappa shape index (κ2) is 4.78. The van der Waals surface area contributed by atoms with Gasteiger partial charge in [0.15, 0.2) is 16.9 Å². The molecule has 2 aromatic rings. The second-order valence-electron chi connectivity index (χ2n) is 2.35. The van der Waals surface area contributed by atoms with Gasteiger partial charge in [0, 0.05) is 29.6 Å². The molecule has 0 aliphatic rings. The first-order valence-corrected chi connectivity index (χ1v) is 5.31. The van der Waals surface area contributed by atoms with Gasteiger partial charge in [0.25, 0.3) is 0 Å². The summed E-state index contributed by atoms with van der Waals surface area (Å²) in [4.78, 5) is 3.85. The summed E-state index contributed by atoms with van der Waals surface area (Å²) < 4.78 is 33.1. The van der Waals surface area contributed by atoms with Crippen molar-refractivity contribution >= 4 is 62.2 Å². The molecule has 1 unspecified atom stereocenters. The minimum atomic E-state index is -2.14. The molecule has 1 radical (unpaired) electrons. The molecule has 0 fully saturated rings. The first-order chi connectivity index (χ1) is 6.18. The number of rotatable bonds is 1. The smallest absolute Gasteiger partial charge is 0.186 e. The molecule has 14 heavy (non-hydrogen) atoms. The van der Waals surface area contributed by atoms with Gasteiger partial charge in [-0.25, -0.2) is 13.6 Å². The number of fused-ring (bicyclic) bond motifs is 1. The zero-order chi connectivity index (χ0) is 9.42. The van der Waals surface area contributed by atoms with Crippen molar-refractivity contribution in [1.29, 1.82) is 0 Å². The molecule has 0 spiro atoms. The SMILES string of the molecule is O=S(O)c1cc(F)c2ncsc2c1.[Na]. The van der Waals surface area contributed by atoms with E-state index in [4.69, 9.17) is 4.55 Å². The molecule has 69 valence electrons. The zero-order valence-corrected chi connectivity index (χ0v) is 10.9. The van der Waals surface area contributed by atoms with E-state index in [0.29, 0.717) is 4.70 Å². The molecule has 3 nitrogen and oxygen atoms in total. The van der Waals surface area contributed by atoms with Crippen LogP contribution >= 0.6 is 11.3 Å². The van der Waals surface area contributed by atoms with Gasteiger partial charge in [0.1, 0.15) is 5.52 Å². The van der Waals surface area contributed by atoms with Crippen molar-refractivity contribution in [2.24, 2.45) is 0 Å². The van der Waals surface area contributed by atoms with Gasteiger partial charge in [0.2, 0.25) is 0 Å². The van der Waals surface area contributed by atoms with Crippen LogP contribution in [0, 0.1) is 5.82 Å². The normalized spacial score (nSPS) is 12.4. The van der Waals surface area contributed by atoms with Crippen LogP contribution < -0.4 is 0 Å². The van der Waals surface area contributed by atoms with Gasteiger partial charge in [-0.05, 0) is 12.1 Å². The number of aromatic nitrogens is 1. The Morgan fingerprint density at radius 1 is 1.50 bits per heavy atom. The predicted octanol–water partition coefficient (Wildman–Crippen LogP) is 1.64. The van der Waals surface area contributed by atoms with Gasteiger partial charge in [-0.1, -0.05) is 0 Å². The van der Waals surface area contributed by atoms with E-state index in [-0.39, 0.29) is 40.0 Å². The summed E-state index contributed by atoms with van der Waals surface area (Å²) in [6.07, 6.45) is 0. The zero-order valence-electron chi connectivity index (χ0n) is 7.23. The average molecular weight is 240 g/mol. The van der Waals surface area contributed by atoms with E-state index < -0.39 is 16.9 Å². The minimum absolute atomic E-state index is 0. The monoisotopic (exact) mass is 240 g/mol. The molecular weight excluding hydrogens is 236 g/mol. The summed E-state index contributed by atoms with van der Waals surface area (Å²) in [5.74, 6) is -0.559. The summed E-state index contributed by atoms with van der Waals surface area (Å²) in [6, 6.07) is 2.49. The number of hydrogen-bond acceptors (Lipinski definition) is 3. The van der Waals surface area contributed by atoms with E-state index in [1.165, 1.54) is 22.9 Å². The molecule has 1 heterocycles. The number of thiazole rings is 1. The molecule has 0 aliphatic carbocycles. The Labute approximate surface area is 108 Å². The number of hydrogen-bond donors (Lipinski definition) is 1.